The van der Waals surface area contributed by atoms with Crippen LogP contribution >= 0.6 is 0 Å². The van der Waals surface area contributed by atoms with Crippen LogP contribution in [0.15, 0.2) is 36.4 Å². The molecule has 8 nitrogen and oxygen atoms in total. The zero-order valence-electron chi connectivity index (χ0n) is 19.1. The maximum absolute atomic E-state index is 15.1. The standard InChI is InChI=1S/C25H28FN3O5/c1-2-22(30)27-23(31)15-29-14-20-19(25(29)32)7-4-8-21(20)34-16-18-6-3-5-17(24(18)26)13-28-9-11-33-12-10-28/h3-8H,2,9-16H2,1H3,(H,27,30,31). The lowest BCUT2D eigenvalue weighted by Gasteiger charge is -2.27. The molecule has 2 aliphatic rings. The highest BCUT2D eigenvalue weighted by atomic mass is 19.1. The van der Waals surface area contributed by atoms with Crippen LogP contribution in [0.25, 0.3) is 0 Å². The van der Waals surface area contributed by atoms with Gasteiger partial charge in [0.2, 0.25) is 11.8 Å². The molecule has 1 saturated heterocycles. The van der Waals surface area contributed by atoms with Crippen molar-refractivity contribution >= 4 is 17.7 Å². The summed E-state index contributed by atoms with van der Waals surface area (Å²) in [7, 11) is 0. The highest BCUT2D eigenvalue weighted by Gasteiger charge is 2.31. The average molecular weight is 470 g/mol. The van der Waals surface area contributed by atoms with Crippen LogP contribution in [0.1, 0.15) is 40.4 Å². The zero-order chi connectivity index (χ0) is 24.1. The third-order valence-electron chi connectivity index (χ3n) is 5.97. The minimum atomic E-state index is -0.533. The molecule has 3 amide bonds. The average Bonchev–Trinajstić information content (AvgIpc) is 3.15. The molecule has 4 rings (SSSR count). The van der Waals surface area contributed by atoms with Crippen LogP contribution in [-0.4, -0.2) is 60.4 Å². The van der Waals surface area contributed by atoms with E-state index >= 15 is 4.39 Å². The van der Waals surface area contributed by atoms with Crippen molar-refractivity contribution in [2.45, 2.75) is 33.0 Å². The molecule has 1 fully saturated rings. The highest BCUT2D eigenvalue weighted by molar-refractivity contribution is 6.02. The van der Waals surface area contributed by atoms with E-state index in [0.717, 1.165) is 13.1 Å². The molecule has 0 spiro atoms. The normalized spacial score (nSPS) is 15.8. The predicted octanol–water partition coefficient (Wildman–Crippen LogP) is 2.25. The first-order chi connectivity index (χ1) is 16.5. The number of benzene rings is 2. The van der Waals surface area contributed by atoms with Crippen LogP contribution in [0.4, 0.5) is 4.39 Å². The fourth-order valence-electron chi connectivity index (χ4n) is 4.10. The van der Waals surface area contributed by atoms with Crippen LogP contribution in [0.3, 0.4) is 0 Å². The van der Waals surface area contributed by atoms with Crippen molar-refractivity contribution in [3.8, 4) is 5.75 Å². The maximum atomic E-state index is 15.1. The van der Waals surface area contributed by atoms with Gasteiger partial charge in [-0.1, -0.05) is 31.2 Å². The van der Waals surface area contributed by atoms with E-state index in [2.05, 4.69) is 10.2 Å². The van der Waals surface area contributed by atoms with Crippen molar-refractivity contribution in [2.24, 2.45) is 0 Å². The van der Waals surface area contributed by atoms with E-state index in [1.54, 1.807) is 37.3 Å². The molecule has 0 aliphatic carbocycles. The molecule has 0 radical (unpaired) electrons. The second kappa shape index (κ2) is 10.8. The monoisotopic (exact) mass is 469 g/mol. The van der Waals surface area contributed by atoms with Gasteiger partial charge >= 0.3 is 0 Å². The summed E-state index contributed by atoms with van der Waals surface area (Å²) in [6.45, 7) is 4.95. The van der Waals surface area contributed by atoms with Gasteiger partial charge in [-0.2, -0.15) is 0 Å². The largest absolute Gasteiger partial charge is 0.488 e. The quantitative estimate of drug-likeness (QED) is 0.638. The SMILES string of the molecule is CCC(=O)NC(=O)CN1Cc2c(OCc3cccc(CN4CCOCC4)c3F)cccc2C1=O. The molecule has 2 aromatic rings. The minimum absolute atomic E-state index is 0.0128. The molecular weight excluding hydrogens is 441 g/mol. The summed E-state index contributed by atoms with van der Waals surface area (Å²) in [4.78, 5) is 39.8. The molecule has 0 bridgehead atoms. The van der Waals surface area contributed by atoms with E-state index < -0.39 is 11.8 Å². The van der Waals surface area contributed by atoms with Crippen molar-refractivity contribution in [1.29, 1.82) is 0 Å². The summed E-state index contributed by atoms with van der Waals surface area (Å²) in [5.74, 6) is -1.06. The van der Waals surface area contributed by atoms with Gasteiger partial charge in [-0.3, -0.25) is 24.6 Å². The Kier molecular flexibility index (Phi) is 7.54. The van der Waals surface area contributed by atoms with Gasteiger partial charge in [0.05, 0.1) is 19.8 Å². The van der Waals surface area contributed by atoms with E-state index in [0.29, 0.717) is 47.8 Å². The Hall–Kier alpha value is -3.30. The smallest absolute Gasteiger partial charge is 0.255 e. The lowest BCUT2D eigenvalue weighted by molar-refractivity contribution is -0.130. The van der Waals surface area contributed by atoms with Gasteiger partial charge in [0.25, 0.3) is 5.91 Å². The fourth-order valence-corrected chi connectivity index (χ4v) is 4.10. The van der Waals surface area contributed by atoms with Crippen LogP contribution < -0.4 is 10.1 Å². The van der Waals surface area contributed by atoms with Gasteiger partial charge in [0.1, 0.15) is 24.7 Å². The van der Waals surface area contributed by atoms with E-state index in [1.807, 2.05) is 6.07 Å². The number of ether oxygens (including phenoxy) is 2. The van der Waals surface area contributed by atoms with E-state index in [4.69, 9.17) is 9.47 Å². The Bertz CT molecular complexity index is 1080. The molecule has 2 heterocycles. The third-order valence-corrected chi connectivity index (χ3v) is 5.97. The number of hydrogen-bond donors (Lipinski definition) is 1. The number of rotatable bonds is 8. The number of nitrogens with one attached hydrogen (secondary N) is 1. The first-order valence-electron chi connectivity index (χ1n) is 11.4. The number of amides is 3. The van der Waals surface area contributed by atoms with Crippen LogP contribution in [-0.2, 0) is 34.0 Å². The molecule has 2 aliphatic heterocycles. The fraction of sp³-hybridized carbons (Fsp3) is 0.400. The number of carbonyl (C=O) groups is 3. The Labute approximate surface area is 197 Å². The summed E-state index contributed by atoms with van der Waals surface area (Å²) >= 11 is 0. The van der Waals surface area contributed by atoms with Crippen LogP contribution in [0, 0.1) is 5.82 Å². The molecule has 0 atom stereocenters. The number of halogens is 1. The summed E-state index contributed by atoms with van der Waals surface area (Å²) in [5, 5.41) is 2.25. The second-order valence-electron chi connectivity index (χ2n) is 8.34. The lowest BCUT2D eigenvalue weighted by Crippen LogP contribution is -2.39. The molecule has 34 heavy (non-hydrogen) atoms. The van der Waals surface area contributed by atoms with E-state index in [9.17, 15) is 14.4 Å². The predicted molar refractivity (Wildman–Crippen MR) is 121 cm³/mol. The van der Waals surface area contributed by atoms with Crippen LogP contribution in [0.2, 0.25) is 0 Å². The van der Waals surface area contributed by atoms with Crippen molar-refractivity contribution in [2.75, 3.05) is 32.8 Å². The number of imide groups is 1. The van der Waals surface area contributed by atoms with Crippen molar-refractivity contribution in [1.82, 2.24) is 15.1 Å². The number of nitrogens with zero attached hydrogens (tertiary/aromatic N) is 2. The van der Waals surface area contributed by atoms with Crippen molar-refractivity contribution in [3.63, 3.8) is 0 Å². The zero-order valence-corrected chi connectivity index (χ0v) is 19.1. The number of fused-ring (bicyclic) bond motifs is 1. The highest BCUT2D eigenvalue weighted by Crippen LogP contribution is 2.31. The van der Waals surface area contributed by atoms with Gasteiger partial charge in [-0.25, -0.2) is 4.39 Å². The molecular formula is C25H28FN3O5. The molecule has 2 aromatic carbocycles. The molecule has 1 N–H and O–H groups in total. The summed E-state index contributed by atoms with van der Waals surface area (Å²) < 4.78 is 26.4. The first-order valence-corrected chi connectivity index (χ1v) is 11.4. The van der Waals surface area contributed by atoms with Gasteiger partial charge < -0.3 is 14.4 Å². The van der Waals surface area contributed by atoms with Gasteiger partial charge in [-0.05, 0) is 12.1 Å². The Morgan fingerprint density at radius 3 is 2.59 bits per heavy atom. The molecule has 9 heteroatoms. The Balaban J connectivity index is 1.42. The topological polar surface area (TPSA) is 88.2 Å². The summed E-state index contributed by atoms with van der Waals surface area (Å²) in [6.07, 6.45) is 0.183. The number of morpholine rings is 1. The molecule has 0 saturated carbocycles. The van der Waals surface area contributed by atoms with Crippen molar-refractivity contribution < 1.29 is 28.2 Å². The minimum Gasteiger partial charge on any atom is -0.488 e. The Morgan fingerprint density at radius 1 is 1.09 bits per heavy atom. The second-order valence-corrected chi connectivity index (χ2v) is 8.34. The maximum Gasteiger partial charge on any atom is 0.255 e. The van der Waals surface area contributed by atoms with Gasteiger partial charge in [-0.15, -0.1) is 0 Å². The third kappa shape index (κ3) is 5.43. The van der Waals surface area contributed by atoms with E-state index in [-0.39, 0.29) is 37.8 Å². The van der Waals surface area contributed by atoms with Gasteiger partial charge in [0, 0.05) is 48.3 Å². The van der Waals surface area contributed by atoms with Crippen molar-refractivity contribution in [3.05, 3.63) is 64.5 Å². The van der Waals surface area contributed by atoms with E-state index in [1.165, 1.54) is 4.90 Å². The number of hydrogen-bond acceptors (Lipinski definition) is 6. The summed E-state index contributed by atoms with van der Waals surface area (Å²) in [6, 6.07) is 10.4. The molecule has 0 aromatic heterocycles. The van der Waals surface area contributed by atoms with Crippen LogP contribution in [0.5, 0.6) is 5.75 Å². The Morgan fingerprint density at radius 2 is 1.82 bits per heavy atom. The molecule has 180 valence electrons. The molecule has 0 unspecified atom stereocenters. The summed E-state index contributed by atoms with van der Waals surface area (Å²) in [5.41, 5.74) is 2.12. The first kappa shape index (κ1) is 23.8. The number of carbonyl (C=O) groups excluding carboxylic acids is 3. The van der Waals surface area contributed by atoms with Gasteiger partial charge in [0.15, 0.2) is 0 Å². The lowest BCUT2D eigenvalue weighted by atomic mass is 10.1.